The Labute approximate surface area is 149 Å². The highest BCUT2D eigenvalue weighted by Gasteiger charge is 2.22. The highest BCUT2D eigenvalue weighted by atomic mass is 16.2. The van der Waals surface area contributed by atoms with E-state index in [2.05, 4.69) is 15.7 Å². The number of hydrogen-bond donors (Lipinski definition) is 2. The van der Waals surface area contributed by atoms with Gasteiger partial charge < -0.3 is 10.6 Å². The Bertz CT molecular complexity index is 717. The van der Waals surface area contributed by atoms with E-state index in [0.29, 0.717) is 6.04 Å². The summed E-state index contributed by atoms with van der Waals surface area (Å²) in [4.78, 5) is 12.5. The Morgan fingerprint density at radius 3 is 2.52 bits per heavy atom. The zero-order valence-corrected chi connectivity index (χ0v) is 15.4. The van der Waals surface area contributed by atoms with Crippen molar-refractivity contribution in [3.05, 3.63) is 41.7 Å². The Kier molecular flexibility index (Phi) is 5.41. The fourth-order valence-electron chi connectivity index (χ4n) is 3.53. The molecule has 0 aliphatic heterocycles. The fraction of sp³-hybridized carbons (Fsp3) is 0.500. The predicted octanol–water partition coefficient (Wildman–Crippen LogP) is 3.74. The molecule has 1 aromatic carbocycles. The van der Waals surface area contributed by atoms with Crippen molar-refractivity contribution in [2.45, 2.75) is 65.0 Å². The fourth-order valence-corrected chi connectivity index (χ4v) is 3.53. The molecule has 5 heteroatoms. The quantitative estimate of drug-likeness (QED) is 0.872. The van der Waals surface area contributed by atoms with Gasteiger partial charge in [-0.05, 0) is 45.7 Å². The van der Waals surface area contributed by atoms with E-state index in [9.17, 15) is 4.79 Å². The number of carbonyl (C=O) groups is 1. The molecular formula is C20H28N4O. The lowest BCUT2D eigenvalue weighted by Gasteiger charge is -2.25. The van der Waals surface area contributed by atoms with Gasteiger partial charge in [0.2, 0.25) is 5.91 Å². The first-order valence-corrected chi connectivity index (χ1v) is 9.25. The van der Waals surface area contributed by atoms with E-state index in [4.69, 9.17) is 0 Å². The van der Waals surface area contributed by atoms with Crippen molar-refractivity contribution >= 4 is 11.6 Å². The zero-order valence-electron chi connectivity index (χ0n) is 15.4. The van der Waals surface area contributed by atoms with Crippen molar-refractivity contribution in [1.29, 1.82) is 0 Å². The summed E-state index contributed by atoms with van der Waals surface area (Å²) < 4.78 is 1.92. The Hall–Kier alpha value is -2.30. The molecule has 2 N–H and O–H groups in total. The minimum absolute atomic E-state index is 0.0677. The number of nitrogens with zero attached hydrogens (tertiary/aromatic N) is 2. The number of rotatable bonds is 5. The molecule has 1 unspecified atom stereocenters. The molecule has 0 saturated heterocycles. The zero-order chi connectivity index (χ0) is 17.8. The second-order valence-corrected chi connectivity index (χ2v) is 7.00. The van der Waals surface area contributed by atoms with E-state index in [1.54, 1.807) is 0 Å². The van der Waals surface area contributed by atoms with Gasteiger partial charge in [0.05, 0.1) is 22.8 Å². The average molecular weight is 340 g/mol. The van der Waals surface area contributed by atoms with Crippen LogP contribution in [0.15, 0.2) is 30.3 Å². The van der Waals surface area contributed by atoms with Gasteiger partial charge in [-0.15, -0.1) is 0 Å². The topological polar surface area (TPSA) is 59.0 Å². The molecule has 1 saturated carbocycles. The number of hydrogen-bond acceptors (Lipinski definition) is 3. The highest BCUT2D eigenvalue weighted by Crippen LogP contribution is 2.24. The number of amides is 1. The molecule has 1 amide bonds. The lowest BCUT2D eigenvalue weighted by atomic mass is 9.95. The molecule has 1 aliphatic carbocycles. The molecule has 1 heterocycles. The molecular weight excluding hydrogens is 312 g/mol. The molecule has 1 aromatic heterocycles. The van der Waals surface area contributed by atoms with Crippen LogP contribution in [0.4, 0.5) is 5.69 Å². The number of aromatic nitrogens is 2. The largest absolute Gasteiger partial charge is 0.371 e. The number of aryl methyl sites for hydroxylation is 1. The monoisotopic (exact) mass is 340 g/mol. The number of carbonyl (C=O) groups excluding carboxylic acids is 1. The van der Waals surface area contributed by atoms with Gasteiger partial charge >= 0.3 is 0 Å². The summed E-state index contributed by atoms with van der Waals surface area (Å²) in [6.07, 6.45) is 5.92. The average Bonchev–Trinajstić information content (AvgIpc) is 2.91. The summed E-state index contributed by atoms with van der Waals surface area (Å²) in [5.41, 5.74) is 3.88. The van der Waals surface area contributed by atoms with E-state index >= 15 is 0 Å². The van der Waals surface area contributed by atoms with Gasteiger partial charge in [-0.25, -0.2) is 4.68 Å². The molecule has 0 radical (unpaired) electrons. The van der Waals surface area contributed by atoms with Crippen LogP contribution in [0.1, 0.15) is 50.4 Å². The molecule has 25 heavy (non-hydrogen) atoms. The standard InChI is InChI=1S/C20H28N4O/c1-14-19(16(3)24(23-14)18-12-8-5-9-13-18)21-15(2)20(25)22-17-10-6-4-7-11-17/h5,8-9,12-13,15,17,21H,4,6-7,10-11H2,1-3H3,(H,22,25). The maximum Gasteiger partial charge on any atom is 0.242 e. The van der Waals surface area contributed by atoms with Crippen LogP contribution < -0.4 is 10.6 Å². The van der Waals surface area contributed by atoms with Crippen LogP contribution in [-0.2, 0) is 4.79 Å². The van der Waals surface area contributed by atoms with E-state index in [0.717, 1.165) is 35.6 Å². The van der Waals surface area contributed by atoms with Crippen LogP contribution in [0.5, 0.6) is 0 Å². The minimum atomic E-state index is -0.284. The highest BCUT2D eigenvalue weighted by molar-refractivity contribution is 5.84. The van der Waals surface area contributed by atoms with Gasteiger partial charge in [-0.1, -0.05) is 37.5 Å². The summed E-state index contributed by atoms with van der Waals surface area (Å²) in [6, 6.07) is 10.1. The third kappa shape index (κ3) is 4.03. The summed E-state index contributed by atoms with van der Waals surface area (Å²) in [5.74, 6) is 0.0677. The number of nitrogens with one attached hydrogen (secondary N) is 2. The van der Waals surface area contributed by atoms with E-state index in [-0.39, 0.29) is 11.9 Å². The summed E-state index contributed by atoms with van der Waals surface area (Å²) in [5, 5.41) is 11.2. The Morgan fingerprint density at radius 1 is 1.16 bits per heavy atom. The maximum atomic E-state index is 12.5. The second kappa shape index (κ2) is 7.72. The molecule has 2 aromatic rings. The van der Waals surface area contributed by atoms with Gasteiger partial charge in [0.25, 0.3) is 0 Å². The molecule has 134 valence electrons. The van der Waals surface area contributed by atoms with Crippen molar-refractivity contribution in [2.75, 3.05) is 5.32 Å². The molecule has 1 aliphatic rings. The van der Waals surface area contributed by atoms with Crippen molar-refractivity contribution in [2.24, 2.45) is 0 Å². The first kappa shape index (κ1) is 17.5. The van der Waals surface area contributed by atoms with Crippen LogP contribution in [0.3, 0.4) is 0 Å². The van der Waals surface area contributed by atoms with Crippen molar-refractivity contribution < 1.29 is 4.79 Å². The summed E-state index contributed by atoms with van der Waals surface area (Å²) >= 11 is 0. The molecule has 0 bridgehead atoms. The van der Waals surface area contributed by atoms with Crippen LogP contribution in [-0.4, -0.2) is 27.8 Å². The molecule has 1 atom stereocenters. The van der Waals surface area contributed by atoms with Crippen LogP contribution >= 0.6 is 0 Å². The second-order valence-electron chi connectivity index (χ2n) is 7.00. The lowest BCUT2D eigenvalue weighted by Crippen LogP contribution is -2.44. The van der Waals surface area contributed by atoms with Gasteiger partial charge in [0.15, 0.2) is 0 Å². The van der Waals surface area contributed by atoms with Gasteiger partial charge in [0, 0.05) is 6.04 Å². The molecule has 5 nitrogen and oxygen atoms in total. The Balaban J connectivity index is 1.69. The van der Waals surface area contributed by atoms with Crippen LogP contribution in [0.25, 0.3) is 5.69 Å². The summed E-state index contributed by atoms with van der Waals surface area (Å²) in [6.45, 7) is 5.92. The van der Waals surface area contributed by atoms with E-state index < -0.39 is 0 Å². The van der Waals surface area contributed by atoms with Crippen LogP contribution in [0, 0.1) is 13.8 Å². The van der Waals surface area contributed by atoms with E-state index in [1.165, 1.54) is 19.3 Å². The van der Waals surface area contributed by atoms with Crippen molar-refractivity contribution in [3.63, 3.8) is 0 Å². The van der Waals surface area contributed by atoms with Crippen molar-refractivity contribution in [3.8, 4) is 5.69 Å². The smallest absolute Gasteiger partial charge is 0.242 e. The van der Waals surface area contributed by atoms with Gasteiger partial charge in [-0.2, -0.15) is 5.10 Å². The third-order valence-corrected chi connectivity index (χ3v) is 5.00. The maximum absolute atomic E-state index is 12.5. The molecule has 0 spiro atoms. The predicted molar refractivity (Wildman–Crippen MR) is 101 cm³/mol. The van der Waals surface area contributed by atoms with Crippen LogP contribution in [0.2, 0.25) is 0 Å². The minimum Gasteiger partial charge on any atom is -0.371 e. The first-order valence-electron chi connectivity index (χ1n) is 9.25. The van der Waals surface area contributed by atoms with Gasteiger partial charge in [0.1, 0.15) is 6.04 Å². The SMILES string of the molecule is Cc1nn(-c2ccccc2)c(C)c1NC(C)C(=O)NC1CCCCC1. The molecule has 1 fully saturated rings. The third-order valence-electron chi connectivity index (χ3n) is 5.00. The van der Waals surface area contributed by atoms with E-state index in [1.807, 2.05) is 55.8 Å². The number of benzene rings is 1. The normalized spacial score (nSPS) is 16.4. The molecule has 3 rings (SSSR count). The lowest BCUT2D eigenvalue weighted by molar-refractivity contribution is -0.122. The number of para-hydroxylation sites is 1. The summed E-state index contributed by atoms with van der Waals surface area (Å²) in [7, 11) is 0. The van der Waals surface area contributed by atoms with Gasteiger partial charge in [-0.3, -0.25) is 4.79 Å². The number of anilines is 1. The first-order chi connectivity index (χ1) is 12.1. The Morgan fingerprint density at radius 2 is 1.84 bits per heavy atom. The van der Waals surface area contributed by atoms with Crippen molar-refractivity contribution in [1.82, 2.24) is 15.1 Å².